The largest absolute Gasteiger partial charge is 0.394 e. The van der Waals surface area contributed by atoms with E-state index in [1.165, 1.54) is 31.2 Å². The molecular weight excluding hydrogens is 304 g/mol. The second kappa shape index (κ2) is 10.3. The summed E-state index contributed by atoms with van der Waals surface area (Å²) in [5.74, 6) is 0. The molecule has 2 amide bonds. The van der Waals surface area contributed by atoms with Crippen LogP contribution in [0, 0.1) is 6.92 Å². The van der Waals surface area contributed by atoms with Crippen LogP contribution in [0.4, 0.5) is 4.79 Å². The highest BCUT2D eigenvalue weighted by atomic mass is 16.5. The lowest BCUT2D eigenvalue weighted by atomic mass is 10.1. The molecule has 0 spiro atoms. The van der Waals surface area contributed by atoms with E-state index < -0.39 is 0 Å². The molecule has 0 bridgehead atoms. The number of carbonyl (C=O) groups excluding carboxylic acids is 1. The highest BCUT2D eigenvalue weighted by Gasteiger charge is 2.17. The van der Waals surface area contributed by atoms with Gasteiger partial charge in [0.25, 0.3) is 0 Å². The third-order valence-corrected chi connectivity index (χ3v) is 4.50. The maximum absolute atomic E-state index is 12.2. The first-order chi connectivity index (χ1) is 11.7. The van der Waals surface area contributed by atoms with Crippen molar-refractivity contribution < 1.29 is 14.6 Å². The average molecular weight is 334 g/mol. The zero-order valence-electron chi connectivity index (χ0n) is 14.6. The van der Waals surface area contributed by atoms with Crippen molar-refractivity contribution in [3.63, 3.8) is 0 Å². The lowest BCUT2D eigenvalue weighted by Crippen LogP contribution is -2.43. The summed E-state index contributed by atoms with van der Waals surface area (Å²) in [6.45, 7) is 2.65. The number of urea groups is 1. The van der Waals surface area contributed by atoms with Crippen LogP contribution < -0.4 is 10.6 Å². The predicted octanol–water partition coefficient (Wildman–Crippen LogP) is 3.07. The Hall–Kier alpha value is -1.59. The molecule has 2 rings (SSSR count). The van der Waals surface area contributed by atoms with Crippen LogP contribution in [-0.2, 0) is 4.74 Å². The Morgan fingerprint density at radius 2 is 1.88 bits per heavy atom. The fraction of sp³-hybridized carbons (Fsp3) is 0.632. The monoisotopic (exact) mass is 334 g/mol. The van der Waals surface area contributed by atoms with E-state index >= 15 is 0 Å². The van der Waals surface area contributed by atoms with Crippen LogP contribution in [0.25, 0.3) is 0 Å². The molecule has 24 heavy (non-hydrogen) atoms. The molecule has 0 aliphatic heterocycles. The van der Waals surface area contributed by atoms with Gasteiger partial charge in [-0.2, -0.15) is 0 Å². The number of aliphatic hydroxyl groups is 1. The summed E-state index contributed by atoms with van der Waals surface area (Å²) in [4.78, 5) is 12.2. The van der Waals surface area contributed by atoms with E-state index in [0.29, 0.717) is 6.54 Å². The molecule has 5 heteroatoms. The van der Waals surface area contributed by atoms with Crippen molar-refractivity contribution in [3.05, 3.63) is 35.4 Å². The van der Waals surface area contributed by atoms with Crippen LogP contribution >= 0.6 is 0 Å². The maximum atomic E-state index is 12.2. The van der Waals surface area contributed by atoms with Gasteiger partial charge in [0, 0.05) is 12.6 Å². The lowest BCUT2D eigenvalue weighted by molar-refractivity contribution is 0.0294. The van der Waals surface area contributed by atoms with Gasteiger partial charge in [0.15, 0.2) is 0 Å². The van der Waals surface area contributed by atoms with Gasteiger partial charge in [-0.05, 0) is 25.3 Å². The summed E-state index contributed by atoms with van der Waals surface area (Å²) in [6, 6.07) is 8.20. The van der Waals surface area contributed by atoms with Crippen molar-refractivity contribution in [3.8, 4) is 0 Å². The van der Waals surface area contributed by atoms with E-state index in [9.17, 15) is 4.79 Å². The third-order valence-electron chi connectivity index (χ3n) is 4.50. The van der Waals surface area contributed by atoms with Crippen molar-refractivity contribution in [2.45, 2.75) is 57.6 Å². The highest BCUT2D eigenvalue weighted by molar-refractivity contribution is 5.74. The quantitative estimate of drug-likeness (QED) is 0.671. The molecule has 3 N–H and O–H groups in total. The van der Waals surface area contributed by atoms with Gasteiger partial charge in [0.2, 0.25) is 0 Å². The van der Waals surface area contributed by atoms with Crippen LogP contribution in [-0.4, -0.2) is 36.9 Å². The van der Waals surface area contributed by atoms with Gasteiger partial charge in [-0.25, -0.2) is 4.79 Å². The lowest BCUT2D eigenvalue weighted by Gasteiger charge is -2.21. The molecule has 0 radical (unpaired) electrons. The van der Waals surface area contributed by atoms with E-state index in [1.54, 1.807) is 0 Å². The topological polar surface area (TPSA) is 70.6 Å². The SMILES string of the molecule is Cc1ccc(C(CNC(=O)NC2CCCCCC2)OCCO)cc1. The number of nitrogens with one attached hydrogen (secondary N) is 2. The molecular formula is C19H30N2O3. The molecule has 1 aliphatic rings. The molecule has 1 aromatic rings. The third kappa shape index (κ3) is 6.49. The van der Waals surface area contributed by atoms with E-state index in [2.05, 4.69) is 10.6 Å². The summed E-state index contributed by atoms with van der Waals surface area (Å²) in [7, 11) is 0. The number of ether oxygens (including phenoxy) is 1. The summed E-state index contributed by atoms with van der Waals surface area (Å²) >= 11 is 0. The molecule has 0 heterocycles. The van der Waals surface area contributed by atoms with Crippen LogP contribution in [0.3, 0.4) is 0 Å². The Kier molecular flexibility index (Phi) is 8.05. The molecule has 1 unspecified atom stereocenters. The molecule has 0 saturated heterocycles. The van der Waals surface area contributed by atoms with E-state index in [4.69, 9.17) is 9.84 Å². The minimum absolute atomic E-state index is 0.0311. The average Bonchev–Trinajstić information content (AvgIpc) is 2.85. The Labute approximate surface area is 144 Å². The Morgan fingerprint density at radius 3 is 2.50 bits per heavy atom. The molecule has 1 aliphatic carbocycles. The van der Waals surface area contributed by atoms with Crippen LogP contribution in [0.5, 0.6) is 0 Å². The summed E-state index contributed by atoms with van der Waals surface area (Å²) in [5.41, 5.74) is 2.18. The summed E-state index contributed by atoms with van der Waals surface area (Å²) in [6.07, 6.45) is 6.80. The number of hydrogen-bond donors (Lipinski definition) is 3. The second-order valence-electron chi connectivity index (χ2n) is 6.54. The van der Waals surface area contributed by atoms with Crippen molar-refractivity contribution in [2.75, 3.05) is 19.8 Å². The zero-order chi connectivity index (χ0) is 17.2. The fourth-order valence-corrected chi connectivity index (χ4v) is 3.09. The minimum atomic E-state index is -0.252. The highest BCUT2D eigenvalue weighted by Crippen LogP contribution is 2.18. The van der Waals surface area contributed by atoms with E-state index in [1.807, 2.05) is 31.2 Å². The minimum Gasteiger partial charge on any atom is -0.394 e. The predicted molar refractivity (Wildman–Crippen MR) is 95.0 cm³/mol. The van der Waals surface area contributed by atoms with E-state index in [-0.39, 0.29) is 31.4 Å². The van der Waals surface area contributed by atoms with Gasteiger partial charge in [0.05, 0.1) is 19.3 Å². The molecule has 1 fully saturated rings. The van der Waals surface area contributed by atoms with Gasteiger partial charge in [-0.3, -0.25) is 0 Å². The van der Waals surface area contributed by atoms with Crippen molar-refractivity contribution in [2.24, 2.45) is 0 Å². The van der Waals surface area contributed by atoms with Gasteiger partial charge >= 0.3 is 6.03 Å². The molecule has 1 atom stereocenters. The number of aliphatic hydroxyl groups excluding tert-OH is 1. The summed E-state index contributed by atoms with van der Waals surface area (Å²) in [5, 5.41) is 15.0. The van der Waals surface area contributed by atoms with E-state index in [0.717, 1.165) is 18.4 Å². The normalized spacial score (nSPS) is 17.1. The van der Waals surface area contributed by atoms with Crippen molar-refractivity contribution in [1.82, 2.24) is 10.6 Å². The molecule has 134 valence electrons. The van der Waals surface area contributed by atoms with Crippen molar-refractivity contribution >= 4 is 6.03 Å². The smallest absolute Gasteiger partial charge is 0.315 e. The van der Waals surface area contributed by atoms with Gasteiger partial charge < -0.3 is 20.5 Å². The summed E-state index contributed by atoms with van der Waals surface area (Å²) < 4.78 is 5.69. The Bertz CT molecular complexity index is 482. The first-order valence-electron chi connectivity index (χ1n) is 9.02. The molecule has 1 saturated carbocycles. The second-order valence-corrected chi connectivity index (χ2v) is 6.54. The number of hydrogen-bond acceptors (Lipinski definition) is 3. The standard InChI is InChI=1S/C19H30N2O3/c1-15-8-10-16(11-9-15)18(24-13-12-22)14-20-19(23)21-17-6-4-2-3-5-7-17/h8-11,17-18,22H,2-7,12-14H2,1H3,(H2,20,21,23). The van der Waals surface area contributed by atoms with Gasteiger partial charge in [-0.1, -0.05) is 55.5 Å². The Balaban J connectivity index is 1.84. The van der Waals surface area contributed by atoms with Crippen molar-refractivity contribution in [1.29, 1.82) is 0 Å². The van der Waals surface area contributed by atoms with Crippen LogP contribution in [0.15, 0.2) is 24.3 Å². The van der Waals surface area contributed by atoms with Gasteiger partial charge in [0.1, 0.15) is 0 Å². The molecule has 5 nitrogen and oxygen atoms in total. The number of aryl methyl sites for hydroxylation is 1. The number of amides is 2. The van der Waals surface area contributed by atoms with Crippen LogP contribution in [0.1, 0.15) is 55.8 Å². The fourth-order valence-electron chi connectivity index (χ4n) is 3.09. The molecule has 1 aromatic carbocycles. The Morgan fingerprint density at radius 1 is 1.21 bits per heavy atom. The van der Waals surface area contributed by atoms with Gasteiger partial charge in [-0.15, -0.1) is 0 Å². The molecule has 0 aromatic heterocycles. The first-order valence-corrected chi connectivity index (χ1v) is 9.02. The number of carbonyl (C=O) groups is 1. The van der Waals surface area contributed by atoms with Crippen LogP contribution in [0.2, 0.25) is 0 Å². The number of benzene rings is 1. The maximum Gasteiger partial charge on any atom is 0.315 e. The number of rotatable bonds is 7. The zero-order valence-corrected chi connectivity index (χ0v) is 14.6. The first kappa shape index (κ1) is 18.7.